The lowest BCUT2D eigenvalue weighted by atomic mass is 10.1. The molecule has 0 spiro atoms. The Morgan fingerprint density at radius 1 is 1.00 bits per heavy atom. The smallest absolute Gasteiger partial charge is 0.294 e. The van der Waals surface area contributed by atoms with Gasteiger partial charge in [0.2, 0.25) is 0 Å². The van der Waals surface area contributed by atoms with Crippen molar-refractivity contribution in [1.29, 1.82) is 0 Å². The Bertz CT molecular complexity index is 860. The van der Waals surface area contributed by atoms with Gasteiger partial charge < -0.3 is 4.57 Å². The number of imidazole rings is 1. The van der Waals surface area contributed by atoms with Gasteiger partial charge >= 0.3 is 0 Å². The van der Waals surface area contributed by atoms with E-state index in [-0.39, 0.29) is 17.3 Å². The van der Waals surface area contributed by atoms with Gasteiger partial charge in [-0.1, -0.05) is 24.3 Å². The molecule has 0 aliphatic rings. The van der Waals surface area contributed by atoms with Crippen LogP contribution in [0.4, 0.5) is 0 Å². The highest BCUT2D eigenvalue weighted by Gasteiger charge is 2.09. The summed E-state index contributed by atoms with van der Waals surface area (Å²) in [5.41, 5.74) is 2.77. The maximum Gasteiger partial charge on any atom is 0.294 e. The maximum atomic E-state index is 11.0. The SMILES string of the molecule is Cl.O=S(=O)(O)c1ccc(-c2cccc(-n3ccnc3)c2)cc1. The number of halogens is 1. The summed E-state index contributed by atoms with van der Waals surface area (Å²) in [7, 11) is -4.16. The first-order chi connectivity index (χ1) is 10.0. The molecule has 0 aliphatic heterocycles. The van der Waals surface area contributed by atoms with Crippen LogP contribution in [0.15, 0.2) is 72.1 Å². The number of aromatic nitrogens is 2. The number of hydrogen-bond donors (Lipinski definition) is 1. The molecule has 5 nitrogen and oxygen atoms in total. The Morgan fingerprint density at radius 3 is 2.32 bits per heavy atom. The van der Waals surface area contributed by atoms with Crippen LogP contribution in [0.1, 0.15) is 0 Å². The summed E-state index contributed by atoms with van der Waals surface area (Å²) >= 11 is 0. The highest BCUT2D eigenvalue weighted by Crippen LogP contribution is 2.23. The Hall–Kier alpha value is -2.15. The van der Waals surface area contributed by atoms with Crippen LogP contribution in [0, 0.1) is 0 Å². The molecule has 0 amide bonds. The van der Waals surface area contributed by atoms with Crippen molar-refractivity contribution >= 4 is 22.5 Å². The quantitative estimate of drug-likeness (QED) is 0.745. The number of nitrogens with zero attached hydrogens (tertiary/aromatic N) is 2. The molecule has 0 bridgehead atoms. The predicted molar refractivity (Wildman–Crippen MR) is 86.1 cm³/mol. The first kappa shape index (κ1) is 16.2. The molecule has 0 unspecified atom stereocenters. The summed E-state index contributed by atoms with van der Waals surface area (Å²) in [6, 6.07) is 13.9. The van der Waals surface area contributed by atoms with Crippen molar-refractivity contribution in [2.75, 3.05) is 0 Å². The summed E-state index contributed by atoms with van der Waals surface area (Å²) in [5.74, 6) is 0. The molecule has 1 N–H and O–H groups in total. The van der Waals surface area contributed by atoms with Gasteiger partial charge in [0.1, 0.15) is 0 Å². The van der Waals surface area contributed by atoms with Crippen LogP contribution in [0.25, 0.3) is 16.8 Å². The van der Waals surface area contributed by atoms with Gasteiger partial charge in [-0.15, -0.1) is 12.4 Å². The van der Waals surface area contributed by atoms with E-state index in [2.05, 4.69) is 4.98 Å². The summed E-state index contributed by atoms with van der Waals surface area (Å²) in [5, 5.41) is 0. The molecule has 2 aromatic carbocycles. The standard InChI is InChI=1S/C15H12N2O3S.ClH/c18-21(19,20)15-6-4-12(5-7-15)13-2-1-3-14(10-13)17-9-8-16-11-17;/h1-11H,(H,18,19,20);1H. The molecular weight excluding hydrogens is 324 g/mol. The molecular formula is C15H13ClN2O3S. The van der Waals surface area contributed by atoms with Crippen molar-refractivity contribution in [1.82, 2.24) is 9.55 Å². The second kappa shape index (κ2) is 6.31. The fraction of sp³-hybridized carbons (Fsp3) is 0. The van der Waals surface area contributed by atoms with Gasteiger partial charge in [0.15, 0.2) is 0 Å². The first-order valence-electron chi connectivity index (χ1n) is 6.20. The number of benzene rings is 2. The highest BCUT2D eigenvalue weighted by molar-refractivity contribution is 7.85. The van der Waals surface area contributed by atoms with E-state index in [0.717, 1.165) is 16.8 Å². The summed E-state index contributed by atoms with van der Waals surface area (Å²) in [6.07, 6.45) is 5.26. The van der Waals surface area contributed by atoms with Gasteiger partial charge in [0.25, 0.3) is 10.1 Å². The van der Waals surface area contributed by atoms with E-state index in [1.54, 1.807) is 24.7 Å². The second-order valence-corrected chi connectivity index (χ2v) is 5.94. The van der Waals surface area contributed by atoms with Gasteiger partial charge in [0.05, 0.1) is 11.2 Å². The summed E-state index contributed by atoms with van der Waals surface area (Å²) < 4.78 is 32.9. The van der Waals surface area contributed by atoms with Crippen molar-refractivity contribution < 1.29 is 13.0 Å². The molecule has 0 saturated carbocycles. The Labute approximate surface area is 134 Å². The van der Waals surface area contributed by atoms with Crippen molar-refractivity contribution in [3.63, 3.8) is 0 Å². The average Bonchev–Trinajstić information content (AvgIpc) is 3.01. The number of rotatable bonds is 3. The van der Waals surface area contributed by atoms with E-state index in [1.165, 1.54) is 12.1 Å². The molecule has 22 heavy (non-hydrogen) atoms. The minimum absolute atomic E-state index is 0. The van der Waals surface area contributed by atoms with E-state index >= 15 is 0 Å². The zero-order valence-electron chi connectivity index (χ0n) is 11.3. The third-order valence-electron chi connectivity index (χ3n) is 3.13. The Kier molecular flexibility index (Phi) is 4.65. The van der Waals surface area contributed by atoms with Crippen LogP contribution in [0.2, 0.25) is 0 Å². The lowest BCUT2D eigenvalue weighted by Gasteiger charge is -2.07. The van der Waals surface area contributed by atoms with Crippen LogP contribution in [-0.4, -0.2) is 22.5 Å². The summed E-state index contributed by atoms with van der Waals surface area (Å²) in [6.45, 7) is 0. The predicted octanol–water partition coefficient (Wildman–Crippen LogP) is 3.21. The number of hydrogen-bond acceptors (Lipinski definition) is 3. The zero-order valence-corrected chi connectivity index (χ0v) is 13.0. The topological polar surface area (TPSA) is 72.2 Å². The van der Waals surface area contributed by atoms with E-state index in [1.807, 2.05) is 35.0 Å². The molecule has 114 valence electrons. The van der Waals surface area contributed by atoms with E-state index in [4.69, 9.17) is 4.55 Å². The van der Waals surface area contributed by atoms with Crippen LogP contribution >= 0.6 is 12.4 Å². The first-order valence-corrected chi connectivity index (χ1v) is 7.64. The maximum absolute atomic E-state index is 11.0. The van der Waals surface area contributed by atoms with Crippen LogP contribution in [0.3, 0.4) is 0 Å². The van der Waals surface area contributed by atoms with Gasteiger partial charge in [-0.3, -0.25) is 4.55 Å². The molecule has 0 atom stereocenters. The average molecular weight is 337 g/mol. The largest absolute Gasteiger partial charge is 0.306 e. The Balaban J connectivity index is 0.00000176. The summed E-state index contributed by atoms with van der Waals surface area (Å²) in [4.78, 5) is 3.89. The van der Waals surface area contributed by atoms with Crippen LogP contribution in [0.5, 0.6) is 0 Å². The molecule has 1 heterocycles. The Morgan fingerprint density at radius 2 is 1.73 bits per heavy atom. The van der Waals surface area contributed by atoms with Crippen molar-refractivity contribution in [2.45, 2.75) is 4.90 Å². The monoisotopic (exact) mass is 336 g/mol. The molecule has 0 radical (unpaired) electrons. The molecule has 0 aliphatic carbocycles. The van der Waals surface area contributed by atoms with Gasteiger partial charge in [0, 0.05) is 18.1 Å². The highest BCUT2D eigenvalue weighted by atomic mass is 35.5. The lowest BCUT2D eigenvalue weighted by Crippen LogP contribution is -1.97. The minimum Gasteiger partial charge on any atom is -0.306 e. The van der Waals surface area contributed by atoms with Crippen molar-refractivity contribution in [3.8, 4) is 16.8 Å². The third kappa shape index (κ3) is 3.36. The third-order valence-corrected chi connectivity index (χ3v) is 4.00. The minimum atomic E-state index is -4.16. The van der Waals surface area contributed by atoms with Crippen LogP contribution < -0.4 is 0 Å². The van der Waals surface area contributed by atoms with Gasteiger partial charge in [-0.25, -0.2) is 4.98 Å². The second-order valence-electron chi connectivity index (χ2n) is 4.52. The molecule has 3 rings (SSSR count). The van der Waals surface area contributed by atoms with Crippen molar-refractivity contribution in [2.24, 2.45) is 0 Å². The van der Waals surface area contributed by atoms with E-state index in [0.29, 0.717) is 0 Å². The normalized spacial score (nSPS) is 11.0. The molecule has 7 heteroatoms. The van der Waals surface area contributed by atoms with E-state index < -0.39 is 10.1 Å². The van der Waals surface area contributed by atoms with Crippen LogP contribution in [-0.2, 0) is 10.1 Å². The lowest BCUT2D eigenvalue weighted by molar-refractivity contribution is 0.483. The fourth-order valence-electron chi connectivity index (χ4n) is 2.08. The molecule has 1 aromatic heterocycles. The fourth-order valence-corrected chi connectivity index (χ4v) is 2.56. The molecule has 3 aromatic rings. The van der Waals surface area contributed by atoms with Gasteiger partial charge in [-0.2, -0.15) is 8.42 Å². The zero-order chi connectivity index (χ0) is 14.9. The molecule has 0 fully saturated rings. The van der Waals surface area contributed by atoms with E-state index in [9.17, 15) is 8.42 Å². The van der Waals surface area contributed by atoms with Crippen molar-refractivity contribution in [3.05, 3.63) is 67.3 Å². The van der Waals surface area contributed by atoms with Gasteiger partial charge in [-0.05, 0) is 35.4 Å². The molecule has 0 saturated heterocycles.